The first-order valence-corrected chi connectivity index (χ1v) is 10.7. The van der Waals surface area contributed by atoms with Crippen LogP contribution >= 0.6 is 0 Å². The number of carbonyl (C=O) groups excluding carboxylic acids is 1. The van der Waals surface area contributed by atoms with Crippen LogP contribution in [0.2, 0.25) is 0 Å². The summed E-state index contributed by atoms with van der Waals surface area (Å²) in [5, 5.41) is 1.12. The van der Waals surface area contributed by atoms with Gasteiger partial charge in [-0.1, -0.05) is 13.3 Å². The van der Waals surface area contributed by atoms with Crippen LogP contribution in [0.25, 0.3) is 10.9 Å². The second-order valence-electron chi connectivity index (χ2n) is 8.86. The van der Waals surface area contributed by atoms with Crippen LogP contribution in [0, 0.1) is 11.8 Å². The number of nitrogens with one attached hydrogen (secondary N) is 1. The van der Waals surface area contributed by atoms with Crippen LogP contribution in [-0.4, -0.2) is 56.3 Å². The number of ether oxygens (including phenoxy) is 3. The highest BCUT2D eigenvalue weighted by molar-refractivity contribution is 5.93. The summed E-state index contributed by atoms with van der Waals surface area (Å²) in [6.45, 7) is 4.33. The summed E-state index contributed by atoms with van der Waals surface area (Å²) < 4.78 is 16.5. The number of esters is 1. The fraction of sp³-hybridized carbons (Fsp3) is 0.609. The molecule has 6 rings (SSSR count). The number of carbonyl (C=O) groups is 1. The molecule has 3 aliphatic heterocycles. The average Bonchev–Trinajstić information content (AvgIpc) is 3.08. The van der Waals surface area contributed by atoms with Gasteiger partial charge < -0.3 is 19.2 Å². The van der Waals surface area contributed by atoms with Gasteiger partial charge in [0.25, 0.3) is 0 Å². The first-order valence-electron chi connectivity index (χ1n) is 10.7. The van der Waals surface area contributed by atoms with Crippen LogP contribution in [-0.2, 0) is 21.4 Å². The molecule has 5 atom stereocenters. The molecule has 1 N–H and O–H groups in total. The third-order valence-corrected chi connectivity index (χ3v) is 7.66. The zero-order valence-corrected chi connectivity index (χ0v) is 17.7. The molecule has 29 heavy (non-hydrogen) atoms. The van der Waals surface area contributed by atoms with Gasteiger partial charge in [0.05, 0.1) is 21.3 Å². The Morgan fingerprint density at radius 1 is 1.24 bits per heavy atom. The molecule has 156 valence electrons. The summed E-state index contributed by atoms with van der Waals surface area (Å²) in [5.74, 6) is 2.37. The SMILES string of the molecule is CC[C@H]1C[C@@H]2CN3CCc4c([nH]c5cc(OC)c(OC)cc45)[C@](C(=O)OC)(C2)[C@H]13. The van der Waals surface area contributed by atoms with E-state index in [0.717, 1.165) is 54.7 Å². The number of nitrogens with zero attached hydrogens (tertiary/aromatic N) is 1. The standard InChI is InChI=1S/C23H30N2O4/c1-5-14-8-13-11-23(22(26)29-4)20-15(6-7-25(12-13)21(14)23)16-9-18(27-2)19(28-3)10-17(16)24-20/h9-10,13-14,21,24H,5-8,11-12H2,1-4H3/t13-,14-,21-,23+/m0/s1. The van der Waals surface area contributed by atoms with Gasteiger partial charge in [0.1, 0.15) is 5.41 Å². The Labute approximate surface area is 171 Å². The highest BCUT2D eigenvalue weighted by Gasteiger charge is 2.62. The monoisotopic (exact) mass is 398 g/mol. The van der Waals surface area contributed by atoms with Crippen molar-refractivity contribution in [2.75, 3.05) is 34.4 Å². The van der Waals surface area contributed by atoms with E-state index < -0.39 is 5.41 Å². The summed E-state index contributed by atoms with van der Waals surface area (Å²) in [4.78, 5) is 19.7. The highest BCUT2D eigenvalue weighted by Crippen LogP contribution is 2.55. The summed E-state index contributed by atoms with van der Waals surface area (Å²) >= 11 is 0. The van der Waals surface area contributed by atoms with Crippen LogP contribution in [0.15, 0.2) is 12.1 Å². The molecule has 1 saturated carbocycles. The number of aromatic amines is 1. The maximum absolute atomic E-state index is 13.5. The molecule has 0 amide bonds. The minimum atomic E-state index is -0.623. The van der Waals surface area contributed by atoms with E-state index in [0.29, 0.717) is 17.6 Å². The Kier molecular flexibility index (Phi) is 4.32. The highest BCUT2D eigenvalue weighted by atomic mass is 16.5. The first kappa shape index (κ1) is 18.8. The van der Waals surface area contributed by atoms with E-state index in [4.69, 9.17) is 14.2 Å². The van der Waals surface area contributed by atoms with Crippen molar-refractivity contribution in [3.8, 4) is 11.5 Å². The van der Waals surface area contributed by atoms with Crippen molar-refractivity contribution in [3.63, 3.8) is 0 Å². The van der Waals surface area contributed by atoms with Crippen LogP contribution in [0.1, 0.15) is 37.4 Å². The third kappa shape index (κ3) is 2.41. The van der Waals surface area contributed by atoms with E-state index in [1.54, 1.807) is 14.2 Å². The van der Waals surface area contributed by atoms with E-state index in [-0.39, 0.29) is 12.0 Å². The molecule has 4 heterocycles. The van der Waals surface area contributed by atoms with Gasteiger partial charge in [0, 0.05) is 41.8 Å². The second kappa shape index (κ2) is 6.66. The topological polar surface area (TPSA) is 63.8 Å². The predicted molar refractivity (Wildman–Crippen MR) is 111 cm³/mol. The lowest BCUT2D eigenvalue weighted by atomic mass is 9.56. The molecule has 6 nitrogen and oxygen atoms in total. The summed E-state index contributed by atoms with van der Waals surface area (Å²) in [6, 6.07) is 4.24. The molecule has 1 aliphatic carbocycles. The smallest absolute Gasteiger partial charge is 0.319 e. The van der Waals surface area contributed by atoms with Gasteiger partial charge >= 0.3 is 5.97 Å². The number of methoxy groups -OCH3 is 3. The number of aromatic nitrogens is 1. The molecule has 0 radical (unpaired) electrons. The zero-order valence-electron chi connectivity index (χ0n) is 17.7. The predicted octanol–water partition coefficient (Wildman–Crippen LogP) is 3.27. The summed E-state index contributed by atoms with van der Waals surface area (Å²) in [6.07, 6.45) is 4.09. The number of piperidine rings is 2. The van der Waals surface area contributed by atoms with Crippen molar-refractivity contribution < 1.29 is 19.0 Å². The van der Waals surface area contributed by atoms with Crippen LogP contribution in [0.4, 0.5) is 0 Å². The molecule has 3 fully saturated rings. The molecule has 0 spiro atoms. The molecule has 6 heteroatoms. The minimum absolute atomic E-state index is 0.0935. The van der Waals surface area contributed by atoms with E-state index in [2.05, 4.69) is 22.9 Å². The number of hydrogen-bond acceptors (Lipinski definition) is 5. The van der Waals surface area contributed by atoms with Crippen LogP contribution < -0.4 is 9.47 Å². The van der Waals surface area contributed by atoms with Crippen LogP contribution in [0.5, 0.6) is 11.5 Å². The zero-order chi connectivity index (χ0) is 20.3. The van der Waals surface area contributed by atoms with E-state index in [1.807, 2.05) is 6.07 Å². The van der Waals surface area contributed by atoms with Gasteiger partial charge in [-0.2, -0.15) is 0 Å². The van der Waals surface area contributed by atoms with Gasteiger partial charge in [-0.15, -0.1) is 0 Å². The summed E-state index contributed by atoms with van der Waals surface area (Å²) in [5.41, 5.74) is 2.67. The molecule has 2 aromatic rings. The number of H-pyrrole nitrogens is 1. The molecule has 1 aromatic carbocycles. The minimum Gasteiger partial charge on any atom is -0.493 e. The van der Waals surface area contributed by atoms with Crippen molar-refractivity contribution in [3.05, 3.63) is 23.4 Å². The van der Waals surface area contributed by atoms with Gasteiger partial charge in [0.15, 0.2) is 11.5 Å². The fourth-order valence-electron chi connectivity index (χ4n) is 6.64. The van der Waals surface area contributed by atoms with Crippen molar-refractivity contribution >= 4 is 16.9 Å². The van der Waals surface area contributed by atoms with E-state index in [9.17, 15) is 4.79 Å². The Hall–Kier alpha value is -2.21. The van der Waals surface area contributed by atoms with Gasteiger partial charge in [-0.05, 0) is 42.7 Å². The van der Waals surface area contributed by atoms with Crippen molar-refractivity contribution in [2.45, 2.75) is 44.1 Å². The Morgan fingerprint density at radius 3 is 2.69 bits per heavy atom. The van der Waals surface area contributed by atoms with E-state index in [1.165, 1.54) is 19.1 Å². The van der Waals surface area contributed by atoms with E-state index >= 15 is 0 Å². The van der Waals surface area contributed by atoms with Gasteiger partial charge in [0.2, 0.25) is 0 Å². The molecular weight excluding hydrogens is 368 g/mol. The summed E-state index contributed by atoms with van der Waals surface area (Å²) in [7, 11) is 4.84. The van der Waals surface area contributed by atoms with Crippen molar-refractivity contribution in [1.29, 1.82) is 0 Å². The number of hydrogen-bond donors (Lipinski definition) is 1. The largest absolute Gasteiger partial charge is 0.493 e. The first-order chi connectivity index (χ1) is 14.1. The Balaban J connectivity index is 1.79. The van der Waals surface area contributed by atoms with Crippen molar-refractivity contribution in [1.82, 2.24) is 9.88 Å². The van der Waals surface area contributed by atoms with Crippen LogP contribution in [0.3, 0.4) is 0 Å². The Bertz CT molecular complexity index is 967. The molecule has 2 saturated heterocycles. The molecule has 1 unspecified atom stereocenters. The molecule has 4 bridgehead atoms. The molecule has 4 aliphatic rings. The number of fused-ring (bicyclic) bond motifs is 4. The normalized spacial score (nSPS) is 32.6. The third-order valence-electron chi connectivity index (χ3n) is 7.66. The van der Waals surface area contributed by atoms with Gasteiger partial charge in [-0.25, -0.2) is 0 Å². The van der Waals surface area contributed by atoms with Gasteiger partial charge in [-0.3, -0.25) is 9.69 Å². The maximum Gasteiger partial charge on any atom is 0.319 e. The molecule has 1 aromatic heterocycles. The number of benzene rings is 1. The fourth-order valence-corrected chi connectivity index (χ4v) is 6.64. The number of rotatable bonds is 4. The van der Waals surface area contributed by atoms with Crippen molar-refractivity contribution in [2.24, 2.45) is 11.8 Å². The Morgan fingerprint density at radius 2 is 2.00 bits per heavy atom. The molecular formula is C23H30N2O4. The maximum atomic E-state index is 13.5. The average molecular weight is 399 g/mol. The quantitative estimate of drug-likeness (QED) is 0.801. The lowest BCUT2D eigenvalue weighted by Crippen LogP contribution is -2.67. The lowest BCUT2D eigenvalue weighted by molar-refractivity contribution is -0.162. The second-order valence-corrected chi connectivity index (χ2v) is 8.86. The lowest BCUT2D eigenvalue weighted by Gasteiger charge is -2.57.